The largest absolute Gasteiger partial charge is 0.366 e. The topological polar surface area (TPSA) is 81.4 Å². The van der Waals surface area contributed by atoms with Crippen LogP contribution in [0.3, 0.4) is 0 Å². The van der Waals surface area contributed by atoms with E-state index in [9.17, 15) is 4.79 Å². The van der Waals surface area contributed by atoms with Crippen LogP contribution in [0.15, 0.2) is 53.5 Å². The fourth-order valence-corrected chi connectivity index (χ4v) is 3.15. The zero-order valence-corrected chi connectivity index (χ0v) is 14.3. The number of carbonyl (C=O) groups is 1. The van der Waals surface area contributed by atoms with E-state index in [4.69, 9.17) is 9.26 Å². The van der Waals surface area contributed by atoms with E-state index in [1.165, 1.54) is 6.39 Å². The molecule has 2 aromatic heterocycles. The number of pyridine rings is 1. The molecule has 0 radical (unpaired) electrons. The van der Waals surface area contributed by atoms with Crippen LogP contribution in [0.2, 0.25) is 0 Å². The molecule has 7 nitrogen and oxygen atoms in total. The fraction of sp³-hybridized carbons (Fsp3) is 0.263. The molecule has 7 heteroatoms. The molecule has 1 aliphatic rings. The summed E-state index contributed by atoms with van der Waals surface area (Å²) in [5, 5.41) is 3.82. The molecule has 0 saturated carbocycles. The van der Waals surface area contributed by atoms with Crippen molar-refractivity contribution >= 4 is 5.91 Å². The Kier molecular flexibility index (Phi) is 4.45. The van der Waals surface area contributed by atoms with Gasteiger partial charge in [0.15, 0.2) is 0 Å². The highest BCUT2D eigenvalue weighted by atomic mass is 16.5. The van der Waals surface area contributed by atoms with E-state index < -0.39 is 0 Å². The average Bonchev–Trinajstić information content (AvgIpc) is 3.23. The Morgan fingerprint density at radius 1 is 1.19 bits per heavy atom. The second-order valence-electron chi connectivity index (χ2n) is 6.09. The Morgan fingerprint density at radius 2 is 2.12 bits per heavy atom. The van der Waals surface area contributed by atoms with E-state index in [-0.39, 0.29) is 12.0 Å². The van der Waals surface area contributed by atoms with Gasteiger partial charge in [0.2, 0.25) is 12.2 Å². The molecule has 0 bridgehead atoms. The van der Waals surface area contributed by atoms with Crippen LogP contribution in [0, 0.1) is 6.92 Å². The van der Waals surface area contributed by atoms with Crippen molar-refractivity contribution in [3.8, 4) is 11.3 Å². The minimum Gasteiger partial charge on any atom is -0.366 e. The van der Waals surface area contributed by atoms with Crippen LogP contribution in [-0.4, -0.2) is 45.6 Å². The van der Waals surface area contributed by atoms with E-state index in [0.29, 0.717) is 31.1 Å². The Labute approximate surface area is 150 Å². The second-order valence-corrected chi connectivity index (χ2v) is 6.09. The number of benzene rings is 1. The van der Waals surface area contributed by atoms with Crippen molar-refractivity contribution in [1.29, 1.82) is 0 Å². The number of nitrogens with zero attached hydrogens (tertiary/aromatic N) is 4. The fourth-order valence-electron chi connectivity index (χ4n) is 3.15. The Hall–Kier alpha value is -3.06. The van der Waals surface area contributed by atoms with Gasteiger partial charge in [-0.25, -0.2) is 0 Å². The molecule has 1 saturated heterocycles. The highest BCUT2D eigenvalue weighted by Crippen LogP contribution is 2.26. The number of ether oxygens (including phenoxy) is 1. The minimum atomic E-state index is -0.370. The summed E-state index contributed by atoms with van der Waals surface area (Å²) in [6, 6.07) is 11.5. The van der Waals surface area contributed by atoms with Crippen molar-refractivity contribution in [3.63, 3.8) is 0 Å². The van der Waals surface area contributed by atoms with E-state index in [2.05, 4.69) is 15.1 Å². The van der Waals surface area contributed by atoms with Crippen molar-refractivity contribution in [2.45, 2.75) is 13.0 Å². The predicted octanol–water partition coefficient (Wildman–Crippen LogP) is 2.65. The molecule has 4 rings (SSSR count). The Bertz CT molecular complexity index is 896. The highest BCUT2D eigenvalue weighted by molar-refractivity contribution is 5.97. The lowest BCUT2D eigenvalue weighted by Gasteiger charge is -2.32. The first-order chi connectivity index (χ1) is 12.7. The molecule has 1 aromatic carbocycles. The van der Waals surface area contributed by atoms with Crippen LogP contribution >= 0.6 is 0 Å². The average molecular weight is 350 g/mol. The summed E-state index contributed by atoms with van der Waals surface area (Å²) in [6.45, 7) is 3.31. The normalized spacial score (nSPS) is 17.3. The van der Waals surface area contributed by atoms with E-state index in [1.54, 1.807) is 11.1 Å². The van der Waals surface area contributed by atoms with Crippen molar-refractivity contribution in [2.24, 2.45) is 0 Å². The third-order valence-electron chi connectivity index (χ3n) is 4.53. The van der Waals surface area contributed by atoms with Crippen LogP contribution in [0.1, 0.15) is 27.8 Å². The third kappa shape index (κ3) is 3.09. The lowest BCUT2D eigenvalue weighted by atomic mass is 9.98. The van der Waals surface area contributed by atoms with Gasteiger partial charge in [-0.1, -0.05) is 23.4 Å². The molecule has 26 heavy (non-hydrogen) atoms. The lowest BCUT2D eigenvalue weighted by Crippen LogP contribution is -2.42. The molecule has 0 N–H and O–H groups in total. The molecule has 1 atom stereocenters. The van der Waals surface area contributed by atoms with Crippen LogP contribution < -0.4 is 0 Å². The molecule has 1 unspecified atom stereocenters. The molecule has 3 aromatic rings. The van der Waals surface area contributed by atoms with Gasteiger partial charge in [-0.05, 0) is 30.7 Å². The summed E-state index contributed by atoms with van der Waals surface area (Å²) >= 11 is 0. The van der Waals surface area contributed by atoms with Crippen LogP contribution in [0.25, 0.3) is 11.3 Å². The Morgan fingerprint density at radius 3 is 2.88 bits per heavy atom. The molecule has 1 fully saturated rings. The second kappa shape index (κ2) is 7.05. The molecule has 132 valence electrons. The number of carbonyl (C=O) groups excluding carboxylic acids is 1. The molecule has 0 spiro atoms. The standard InChI is InChI=1S/C19H18N4O3/c1-13-14(16-7-2-3-8-20-16)5-4-6-15(13)19(24)23-9-10-25-17(11-23)18-21-12-26-22-18/h2-8,12,17H,9-11H2,1H3. The minimum absolute atomic E-state index is 0.0305. The van der Waals surface area contributed by atoms with Gasteiger partial charge in [-0.3, -0.25) is 9.78 Å². The van der Waals surface area contributed by atoms with E-state index in [0.717, 1.165) is 16.8 Å². The highest BCUT2D eigenvalue weighted by Gasteiger charge is 2.29. The molecular weight excluding hydrogens is 332 g/mol. The monoisotopic (exact) mass is 350 g/mol. The van der Waals surface area contributed by atoms with Gasteiger partial charge >= 0.3 is 0 Å². The van der Waals surface area contributed by atoms with Crippen molar-refractivity contribution in [1.82, 2.24) is 20.0 Å². The maximum atomic E-state index is 13.1. The van der Waals surface area contributed by atoms with Crippen LogP contribution in [0.4, 0.5) is 0 Å². The molecule has 1 amide bonds. The van der Waals surface area contributed by atoms with Crippen LogP contribution in [0.5, 0.6) is 0 Å². The summed E-state index contributed by atoms with van der Waals surface area (Å²) < 4.78 is 10.5. The van der Waals surface area contributed by atoms with Gasteiger partial charge in [0, 0.05) is 23.9 Å². The number of morpholine rings is 1. The number of hydrogen-bond acceptors (Lipinski definition) is 6. The molecule has 0 aliphatic carbocycles. The summed E-state index contributed by atoms with van der Waals surface area (Å²) in [4.78, 5) is 23.3. The maximum absolute atomic E-state index is 13.1. The summed E-state index contributed by atoms with van der Waals surface area (Å²) in [6.07, 6.45) is 2.64. The zero-order valence-electron chi connectivity index (χ0n) is 14.3. The third-order valence-corrected chi connectivity index (χ3v) is 4.53. The first-order valence-corrected chi connectivity index (χ1v) is 8.42. The SMILES string of the molecule is Cc1c(C(=O)N2CCOC(c3ncon3)C2)cccc1-c1ccccn1. The smallest absolute Gasteiger partial charge is 0.254 e. The van der Waals surface area contributed by atoms with E-state index >= 15 is 0 Å². The van der Waals surface area contributed by atoms with Crippen molar-refractivity contribution in [2.75, 3.05) is 19.7 Å². The molecule has 3 heterocycles. The van der Waals surface area contributed by atoms with E-state index in [1.807, 2.05) is 43.3 Å². The Balaban J connectivity index is 1.60. The van der Waals surface area contributed by atoms with Gasteiger partial charge in [-0.2, -0.15) is 4.98 Å². The van der Waals surface area contributed by atoms with Gasteiger partial charge in [-0.15, -0.1) is 0 Å². The number of rotatable bonds is 3. The summed E-state index contributed by atoms with van der Waals surface area (Å²) in [7, 11) is 0. The zero-order chi connectivity index (χ0) is 17.9. The predicted molar refractivity (Wildman–Crippen MR) is 93.3 cm³/mol. The summed E-state index contributed by atoms with van der Waals surface area (Å²) in [5.74, 6) is 0.429. The first kappa shape index (κ1) is 16.4. The van der Waals surface area contributed by atoms with Crippen LogP contribution in [-0.2, 0) is 4.74 Å². The van der Waals surface area contributed by atoms with Crippen molar-refractivity contribution < 1.29 is 14.1 Å². The first-order valence-electron chi connectivity index (χ1n) is 8.42. The van der Waals surface area contributed by atoms with Gasteiger partial charge in [0.1, 0.15) is 6.10 Å². The van der Waals surface area contributed by atoms with Gasteiger partial charge in [0.25, 0.3) is 5.91 Å². The molecule has 1 aliphatic heterocycles. The summed E-state index contributed by atoms with van der Waals surface area (Å²) in [5.41, 5.74) is 3.39. The van der Waals surface area contributed by atoms with Gasteiger partial charge < -0.3 is 14.2 Å². The quantitative estimate of drug-likeness (QED) is 0.722. The van der Waals surface area contributed by atoms with Gasteiger partial charge in [0.05, 0.1) is 18.8 Å². The number of hydrogen-bond donors (Lipinski definition) is 0. The van der Waals surface area contributed by atoms with Crippen molar-refractivity contribution in [3.05, 3.63) is 65.9 Å². The maximum Gasteiger partial charge on any atom is 0.254 e. The number of amides is 1. The number of aromatic nitrogens is 3. The lowest BCUT2D eigenvalue weighted by molar-refractivity contribution is -0.0276. The molecular formula is C19H18N4O3.